The number of nitrogens with one attached hydrogen (secondary N) is 1. The van der Waals surface area contributed by atoms with Crippen molar-refractivity contribution < 1.29 is 14.0 Å². The molecule has 2 atom stereocenters. The maximum absolute atomic E-state index is 13.3. The smallest absolute Gasteiger partial charge is 0.239 e. The van der Waals surface area contributed by atoms with Crippen LogP contribution in [0.25, 0.3) is 0 Å². The molecule has 2 amide bonds. The van der Waals surface area contributed by atoms with E-state index in [0.717, 1.165) is 5.56 Å². The highest BCUT2D eigenvalue weighted by Gasteiger charge is 2.38. The number of amides is 2. The SMILES string of the molecule is CC(NC(=O)C1CCN(c2cccc(F)c2)C1=O)c1ccccc1. The Balaban J connectivity index is 1.67. The fraction of sp³-hybridized carbons (Fsp3) is 0.263. The van der Waals surface area contributed by atoms with Crippen LogP contribution >= 0.6 is 0 Å². The molecule has 5 heteroatoms. The molecule has 4 nitrogen and oxygen atoms in total. The summed E-state index contributed by atoms with van der Waals surface area (Å²) < 4.78 is 13.3. The first-order chi connectivity index (χ1) is 11.6. The summed E-state index contributed by atoms with van der Waals surface area (Å²) in [5, 5.41) is 2.89. The third-order valence-corrected chi connectivity index (χ3v) is 4.30. The van der Waals surface area contributed by atoms with E-state index in [1.54, 1.807) is 12.1 Å². The van der Waals surface area contributed by atoms with Gasteiger partial charge in [-0.15, -0.1) is 0 Å². The van der Waals surface area contributed by atoms with Crippen LogP contribution in [0.1, 0.15) is 24.9 Å². The number of anilines is 1. The summed E-state index contributed by atoms with van der Waals surface area (Å²) in [5.41, 5.74) is 1.48. The maximum Gasteiger partial charge on any atom is 0.239 e. The van der Waals surface area contributed by atoms with E-state index in [1.165, 1.54) is 17.0 Å². The molecule has 0 aromatic heterocycles. The summed E-state index contributed by atoms with van der Waals surface area (Å²) in [5.74, 6) is -1.68. The van der Waals surface area contributed by atoms with Crippen LogP contribution in [-0.4, -0.2) is 18.4 Å². The Kier molecular flexibility index (Phi) is 4.60. The Morgan fingerprint density at radius 1 is 1.21 bits per heavy atom. The van der Waals surface area contributed by atoms with Crippen molar-refractivity contribution in [3.63, 3.8) is 0 Å². The van der Waals surface area contributed by atoms with Crippen LogP contribution < -0.4 is 10.2 Å². The number of hydrogen-bond acceptors (Lipinski definition) is 2. The van der Waals surface area contributed by atoms with Crippen LogP contribution in [0.2, 0.25) is 0 Å². The number of carbonyl (C=O) groups is 2. The fourth-order valence-corrected chi connectivity index (χ4v) is 2.96. The van der Waals surface area contributed by atoms with Crippen molar-refractivity contribution in [3.05, 3.63) is 66.0 Å². The van der Waals surface area contributed by atoms with Crippen molar-refractivity contribution in [2.24, 2.45) is 5.92 Å². The molecule has 1 aliphatic rings. The maximum atomic E-state index is 13.3. The summed E-state index contributed by atoms with van der Waals surface area (Å²) >= 11 is 0. The molecule has 1 saturated heterocycles. The van der Waals surface area contributed by atoms with E-state index in [0.29, 0.717) is 18.7 Å². The molecule has 0 spiro atoms. The lowest BCUT2D eigenvalue weighted by Gasteiger charge is -2.18. The Labute approximate surface area is 140 Å². The Bertz CT molecular complexity index is 748. The highest BCUT2D eigenvalue weighted by atomic mass is 19.1. The molecule has 3 rings (SSSR count). The number of benzene rings is 2. The van der Waals surface area contributed by atoms with Gasteiger partial charge in [0.2, 0.25) is 11.8 Å². The lowest BCUT2D eigenvalue weighted by molar-refractivity contribution is -0.132. The standard InChI is InChI=1S/C19H19FN2O2/c1-13(14-6-3-2-4-7-14)21-18(23)17-10-11-22(19(17)24)16-9-5-8-15(20)12-16/h2-9,12-13,17H,10-11H2,1H3,(H,21,23). The normalized spacial score (nSPS) is 18.5. The lowest BCUT2D eigenvalue weighted by atomic mass is 10.0. The van der Waals surface area contributed by atoms with Crippen molar-refractivity contribution >= 4 is 17.5 Å². The first-order valence-corrected chi connectivity index (χ1v) is 7.98. The lowest BCUT2D eigenvalue weighted by Crippen LogP contribution is -2.38. The van der Waals surface area contributed by atoms with Crippen LogP contribution in [-0.2, 0) is 9.59 Å². The largest absolute Gasteiger partial charge is 0.349 e. The Morgan fingerprint density at radius 3 is 2.67 bits per heavy atom. The van der Waals surface area contributed by atoms with Gasteiger partial charge in [0.05, 0.1) is 6.04 Å². The number of rotatable bonds is 4. The minimum absolute atomic E-state index is 0.172. The second-order valence-corrected chi connectivity index (χ2v) is 5.95. The van der Waals surface area contributed by atoms with Crippen LogP contribution in [0.3, 0.4) is 0 Å². The van der Waals surface area contributed by atoms with Gasteiger partial charge in [0.25, 0.3) is 0 Å². The minimum Gasteiger partial charge on any atom is -0.349 e. The van der Waals surface area contributed by atoms with E-state index in [9.17, 15) is 14.0 Å². The van der Waals surface area contributed by atoms with Crippen molar-refractivity contribution in [3.8, 4) is 0 Å². The molecule has 1 heterocycles. The van der Waals surface area contributed by atoms with Crippen LogP contribution in [0.4, 0.5) is 10.1 Å². The average Bonchev–Trinajstić information content (AvgIpc) is 2.97. The van der Waals surface area contributed by atoms with Gasteiger partial charge >= 0.3 is 0 Å². The molecule has 124 valence electrons. The van der Waals surface area contributed by atoms with Gasteiger partial charge in [-0.25, -0.2) is 4.39 Å². The molecule has 2 aromatic carbocycles. The highest BCUT2D eigenvalue weighted by Crippen LogP contribution is 2.26. The van der Waals surface area contributed by atoms with Gasteiger partial charge in [-0.05, 0) is 37.1 Å². The molecule has 1 fully saturated rings. The number of halogens is 1. The Morgan fingerprint density at radius 2 is 1.96 bits per heavy atom. The quantitative estimate of drug-likeness (QED) is 0.878. The number of nitrogens with zero attached hydrogens (tertiary/aromatic N) is 1. The zero-order valence-corrected chi connectivity index (χ0v) is 13.4. The van der Waals surface area contributed by atoms with Gasteiger partial charge in [-0.3, -0.25) is 9.59 Å². The molecule has 1 aliphatic heterocycles. The highest BCUT2D eigenvalue weighted by molar-refractivity contribution is 6.09. The van der Waals surface area contributed by atoms with Crippen molar-refractivity contribution in [1.82, 2.24) is 5.32 Å². The summed E-state index contributed by atoms with van der Waals surface area (Å²) in [6.45, 7) is 2.30. The summed E-state index contributed by atoms with van der Waals surface area (Å²) in [6, 6.07) is 15.3. The van der Waals surface area contributed by atoms with Crippen molar-refractivity contribution in [1.29, 1.82) is 0 Å². The van der Waals surface area contributed by atoms with Gasteiger partial charge in [0.1, 0.15) is 11.7 Å². The van der Waals surface area contributed by atoms with Crippen LogP contribution in [0, 0.1) is 11.7 Å². The van der Waals surface area contributed by atoms with Crippen molar-refractivity contribution in [2.45, 2.75) is 19.4 Å². The molecule has 0 radical (unpaired) electrons. The van der Waals surface area contributed by atoms with E-state index < -0.39 is 11.7 Å². The van der Waals surface area contributed by atoms with Gasteiger partial charge < -0.3 is 10.2 Å². The topological polar surface area (TPSA) is 49.4 Å². The van der Waals surface area contributed by atoms with E-state index in [1.807, 2.05) is 37.3 Å². The van der Waals surface area contributed by atoms with E-state index in [4.69, 9.17) is 0 Å². The Hall–Kier alpha value is -2.69. The second-order valence-electron chi connectivity index (χ2n) is 5.95. The fourth-order valence-electron chi connectivity index (χ4n) is 2.96. The van der Waals surface area contributed by atoms with Gasteiger partial charge in [-0.1, -0.05) is 36.4 Å². The monoisotopic (exact) mass is 326 g/mol. The predicted octanol–water partition coefficient (Wildman–Crippen LogP) is 3.06. The predicted molar refractivity (Wildman–Crippen MR) is 89.9 cm³/mol. The van der Waals surface area contributed by atoms with E-state index in [-0.39, 0.29) is 17.9 Å². The molecule has 0 bridgehead atoms. The van der Waals surface area contributed by atoms with Gasteiger partial charge in [-0.2, -0.15) is 0 Å². The first kappa shape index (κ1) is 16.2. The molecule has 2 aromatic rings. The van der Waals surface area contributed by atoms with Crippen LogP contribution in [0.5, 0.6) is 0 Å². The van der Waals surface area contributed by atoms with Crippen LogP contribution in [0.15, 0.2) is 54.6 Å². The number of carbonyl (C=O) groups excluding carboxylic acids is 2. The molecular formula is C19H19FN2O2. The second kappa shape index (κ2) is 6.83. The molecule has 1 N–H and O–H groups in total. The zero-order chi connectivity index (χ0) is 17.1. The molecule has 24 heavy (non-hydrogen) atoms. The molecule has 2 unspecified atom stereocenters. The average molecular weight is 326 g/mol. The minimum atomic E-state index is -0.723. The van der Waals surface area contributed by atoms with Gasteiger partial charge in [0.15, 0.2) is 0 Å². The first-order valence-electron chi connectivity index (χ1n) is 7.98. The molecular weight excluding hydrogens is 307 g/mol. The third kappa shape index (κ3) is 3.30. The van der Waals surface area contributed by atoms with Gasteiger partial charge in [0, 0.05) is 12.2 Å². The summed E-state index contributed by atoms with van der Waals surface area (Å²) in [6.07, 6.45) is 0.433. The molecule has 0 aliphatic carbocycles. The van der Waals surface area contributed by atoms with E-state index >= 15 is 0 Å². The number of hydrogen-bond donors (Lipinski definition) is 1. The van der Waals surface area contributed by atoms with E-state index in [2.05, 4.69) is 5.32 Å². The summed E-state index contributed by atoms with van der Waals surface area (Å²) in [4.78, 5) is 26.4. The summed E-state index contributed by atoms with van der Waals surface area (Å²) in [7, 11) is 0. The zero-order valence-electron chi connectivity index (χ0n) is 13.4. The third-order valence-electron chi connectivity index (χ3n) is 4.30. The molecule has 0 saturated carbocycles. The van der Waals surface area contributed by atoms with Crippen molar-refractivity contribution in [2.75, 3.05) is 11.4 Å².